The van der Waals surface area contributed by atoms with Crippen LogP contribution in [0.1, 0.15) is 5.56 Å². The summed E-state index contributed by atoms with van der Waals surface area (Å²) in [6, 6.07) is 2.87. The van der Waals surface area contributed by atoms with Gasteiger partial charge in [0.25, 0.3) is 11.4 Å². The molecule has 0 aromatic heterocycles. The first-order valence-electron chi connectivity index (χ1n) is 6.37. The van der Waals surface area contributed by atoms with Crippen molar-refractivity contribution >= 4 is 57.6 Å². The second kappa shape index (κ2) is 7.14. The number of nitrogens with zero attached hydrogens (tertiary/aromatic N) is 2. The molecule has 0 amide bonds. The van der Waals surface area contributed by atoms with Crippen LogP contribution in [0.4, 0.5) is 35.9 Å². The Kier molecular flexibility index (Phi) is 5.49. The number of hydrogen-bond donors (Lipinski definition) is 1. The predicted molar refractivity (Wildman–Crippen MR) is 89.5 cm³/mol. The maximum Gasteiger partial charge on any atom is 0.423 e. The molecule has 0 unspecified atom stereocenters. The van der Waals surface area contributed by atoms with E-state index in [0.29, 0.717) is 0 Å². The summed E-state index contributed by atoms with van der Waals surface area (Å²) in [5, 5.41) is 24.2. The van der Waals surface area contributed by atoms with Crippen molar-refractivity contribution in [2.24, 2.45) is 0 Å². The monoisotopic (exact) mass is 429 g/mol. The second-order valence-electron chi connectivity index (χ2n) is 4.77. The molecule has 0 spiro atoms. The molecule has 2 aromatic rings. The van der Waals surface area contributed by atoms with E-state index in [2.05, 4.69) is 5.32 Å². The van der Waals surface area contributed by atoms with Gasteiger partial charge in [-0.1, -0.05) is 34.8 Å². The van der Waals surface area contributed by atoms with Crippen LogP contribution in [-0.4, -0.2) is 9.85 Å². The van der Waals surface area contributed by atoms with E-state index in [-0.39, 0.29) is 32.9 Å². The van der Waals surface area contributed by atoms with Gasteiger partial charge in [0.05, 0.1) is 31.6 Å². The zero-order valence-electron chi connectivity index (χ0n) is 12.1. The molecule has 138 valence electrons. The molecule has 7 nitrogen and oxygen atoms in total. The van der Waals surface area contributed by atoms with Crippen LogP contribution in [0.15, 0.2) is 24.3 Å². The number of rotatable bonds is 4. The fraction of sp³-hybridized carbons (Fsp3) is 0.0769. The lowest BCUT2D eigenvalue weighted by Gasteiger charge is -2.14. The van der Waals surface area contributed by atoms with Crippen LogP contribution in [-0.2, 0) is 6.18 Å². The third-order valence-corrected chi connectivity index (χ3v) is 3.89. The minimum atomic E-state index is -5.12. The summed E-state index contributed by atoms with van der Waals surface area (Å²) < 4.78 is 39.3. The molecular weight excluding hydrogens is 426 g/mol. The molecule has 26 heavy (non-hydrogen) atoms. The fourth-order valence-electron chi connectivity index (χ4n) is 2.00. The summed E-state index contributed by atoms with van der Waals surface area (Å²) in [4.78, 5) is 19.6. The van der Waals surface area contributed by atoms with Gasteiger partial charge in [0.1, 0.15) is 11.3 Å². The predicted octanol–water partition coefficient (Wildman–Crippen LogP) is 6.23. The SMILES string of the molecule is O=[N+]([O-])c1cc([N+](=O)[O-])c(C(F)(F)F)cc1Nc1c(Cl)cc(Cl)cc1Cl. The van der Waals surface area contributed by atoms with Gasteiger partial charge in [-0.15, -0.1) is 0 Å². The van der Waals surface area contributed by atoms with Gasteiger partial charge in [0.15, 0.2) is 0 Å². The van der Waals surface area contributed by atoms with Gasteiger partial charge in [-0.25, -0.2) is 0 Å². The molecule has 0 aliphatic heterocycles. The van der Waals surface area contributed by atoms with Crippen LogP contribution in [0.5, 0.6) is 0 Å². The molecule has 0 radical (unpaired) electrons. The van der Waals surface area contributed by atoms with Crippen molar-refractivity contribution in [2.45, 2.75) is 6.18 Å². The molecule has 0 fully saturated rings. The first kappa shape index (κ1) is 20.0. The van der Waals surface area contributed by atoms with Gasteiger partial charge in [-0.05, 0) is 18.2 Å². The highest BCUT2D eigenvalue weighted by atomic mass is 35.5. The molecule has 13 heteroatoms. The normalized spacial score (nSPS) is 11.3. The van der Waals surface area contributed by atoms with Crippen LogP contribution in [0.2, 0.25) is 15.1 Å². The largest absolute Gasteiger partial charge is 0.423 e. The second-order valence-corrected chi connectivity index (χ2v) is 6.02. The molecule has 0 saturated heterocycles. The maximum atomic E-state index is 13.1. The van der Waals surface area contributed by atoms with Crippen LogP contribution in [0.3, 0.4) is 0 Å². The zero-order valence-corrected chi connectivity index (χ0v) is 14.4. The van der Waals surface area contributed by atoms with Crippen molar-refractivity contribution in [3.63, 3.8) is 0 Å². The summed E-state index contributed by atoms with van der Waals surface area (Å²) in [7, 11) is 0. The number of nitro groups is 2. The third-order valence-electron chi connectivity index (χ3n) is 3.08. The number of benzene rings is 2. The number of halogens is 6. The Morgan fingerprint density at radius 1 is 0.885 bits per heavy atom. The highest BCUT2D eigenvalue weighted by Gasteiger charge is 2.41. The molecule has 0 atom stereocenters. The van der Waals surface area contributed by atoms with E-state index in [0.717, 1.165) is 0 Å². The van der Waals surface area contributed by atoms with Gasteiger partial charge in [-0.3, -0.25) is 20.2 Å². The first-order valence-corrected chi connectivity index (χ1v) is 7.50. The Labute approximate surface area is 157 Å². The Morgan fingerprint density at radius 3 is 1.81 bits per heavy atom. The Bertz CT molecular complexity index is 898. The van der Waals surface area contributed by atoms with Gasteiger partial charge in [0, 0.05) is 5.02 Å². The van der Waals surface area contributed by atoms with Crippen LogP contribution in [0.25, 0.3) is 0 Å². The minimum Gasteiger partial charge on any atom is -0.347 e. The highest BCUT2D eigenvalue weighted by Crippen LogP contribution is 2.44. The molecule has 0 aliphatic rings. The van der Waals surface area contributed by atoms with E-state index in [1.54, 1.807) is 0 Å². The van der Waals surface area contributed by atoms with Gasteiger partial charge in [-0.2, -0.15) is 13.2 Å². The molecule has 0 aliphatic carbocycles. The quantitative estimate of drug-likeness (QED) is 0.458. The number of nitro benzene ring substituents is 2. The summed E-state index contributed by atoms with van der Waals surface area (Å²) >= 11 is 17.5. The van der Waals surface area contributed by atoms with E-state index in [1.165, 1.54) is 12.1 Å². The van der Waals surface area contributed by atoms with Crippen molar-refractivity contribution in [3.05, 3.63) is 65.1 Å². The number of anilines is 2. The van der Waals surface area contributed by atoms with Gasteiger partial charge >= 0.3 is 6.18 Å². The van der Waals surface area contributed by atoms with E-state index < -0.39 is 38.6 Å². The smallest absolute Gasteiger partial charge is 0.347 e. The van der Waals surface area contributed by atoms with Crippen LogP contribution in [0, 0.1) is 20.2 Å². The third kappa shape index (κ3) is 4.09. The lowest BCUT2D eigenvalue weighted by Crippen LogP contribution is -2.11. The Morgan fingerprint density at radius 2 is 1.38 bits per heavy atom. The average Bonchev–Trinajstić information content (AvgIpc) is 2.48. The number of nitrogens with one attached hydrogen (secondary N) is 1. The number of hydrogen-bond acceptors (Lipinski definition) is 5. The van der Waals surface area contributed by atoms with E-state index >= 15 is 0 Å². The van der Waals surface area contributed by atoms with Crippen molar-refractivity contribution in [1.29, 1.82) is 0 Å². The molecule has 2 rings (SSSR count). The highest BCUT2D eigenvalue weighted by molar-refractivity contribution is 6.41. The summed E-state index contributed by atoms with van der Waals surface area (Å²) in [6.07, 6.45) is -5.12. The van der Waals surface area contributed by atoms with E-state index in [9.17, 15) is 33.4 Å². The molecule has 0 saturated carbocycles. The van der Waals surface area contributed by atoms with Crippen molar-refractivity contribution in [1.82, 2.24) is 0 Å². The lowest BCUT2D eigenvalue weighted by atomic mass is 10.1. The van der Waals surface area contributed by atoms with Crippen molar-refractivity contribution in [3.8, 4) is 0 Å². The number of alkyl halides is 3. The summed E-state index contributed by atoms with van der Waals surface area (Å²) in [6.45, 7) is 0. The van der Waals surface area contributed by atoms with Crippen molar-refractivity contribution in [2.75, 3.05) is 5.32 Å². The van der Waals surface area contributed by atoms with Crippen molar-refractivity contribution < 1.29 is 23.0 Å². The molecular formula is C13H5Cl3F3N3O4. The standard InChI is InChI=1S/C13H5Cl3F3N3O4/c14-5-1-7(15)12(8(16)2-5)20-9-3-6(13(17,18)19)10(21(23)24)4-11(9)22(25)26/h1-4,20H. The van der Waals surface area contributed by atoms with E-state index in [4.69, 9.17) is 34.8 Å². The molecule has 2 aromatic carbocycles. The lowest BCUT2D eigenvalue weighted by molar-refractivity contribution is -0.395. The van der Waals surface area contributed by atoms with Gasteiger partial charge in [0.2, 0.25) is 0 Å². The molecule has 0 heterocycles. The van der Waals surface area contributed by atoms with Crippen LogP contribution >= 0.6 is 34.8 Å². The fourth-order valence-corrected chi connectivity index (χ4v) is 2.91. The Hall–Kier alpha value is -2.30. The summed E-state index contributed by atoms with van der Waals surface area (Å²) in [5.74, 6) is 0. The maximum absolute atomic E-state index is 13.1. The minimum absolute atomic E-state index is 0.122. The Balaban J connectivity index is 2.72. The topological polar surface area (TPSA) is 98.3 Å². The van der Waals surface area contributed by atoms with Gasteiger partial charge < -0.3 is 5.32 Å². The first-order chi connectivity index (χ1) is 11.9. The van der Waals surface area contributed by atoms with Crippen LogP contribution < -0.4 is 5.32 Å². The summed E-state index contributed by atoms with van der Waals surface area (Å²) in [5.41, 5.74) is -4.92. The molecule has 1 N–H and O–H groups in total. The molecule has 0 bridgehead atoms. The average molecular weight is 431 g/mol. The van der Waals surface area contributed by atoms with E-state index in [1.807, 2.05) is 0 Å². The zero-order chi connectivity index (χ0) is 19.8.